The molecule has 1 atom stereocenters. The Morgan fingerprint density at radius 2 is 1.95 bits per heavy atom. The van der Waals surface area contributed by atoms with Gasteiger partial charge in [0, 0.05) is 0 Å². The quantitative estimate of drug-likeness (QED) is 0.847. The minimum Gasteiger partial charge on any atom is -0.469 e. The molecule has 1 N–H and O–H groups in total. The van der Waals surface area contributed by atoms with Crippen LogP contribution in [0.25, 0.3) is 0 Å². The molecule has 104 valence electrons. The monoisotopic (exact) mass is 261 g/mol. The van der Waals surface area contributed by atoms with E-state index in [9.17, 15) is 4.79 Å². The molecule has 0 spiro atoms. The maximum absolute atomic E-state index is 11.7. The Balaban J connectivity index is 2.10. The fourth-order valence-corrected chi connectivity index (χ4v) is 2.84. The highest BCUT2D eigenvalue weighted by atomic mass is 16.5. The van der Waals surface area contributed by atoms with Gasteiger partial charge >= 0.3 is 5.97 Å². The minimum absolute atomic E-state index is 0.132. The summed E-state index contributed by atoms with van der Waals surface area (Å²) in [6.07, 6.45) is 3.18. The molecule has 2 rings (SSSR count). The molecule has 3 nitrogen and oxygen atoms in total. The second-order valence-corrected chi connectivity index (χ2v) is 5.17. The summed E-state index contributed by atoms with van der Waals surface area (Å²) < 4.78 is 4.86. The second-order valence-electron chi connectivity index (χ2n) is 5.17. The summed E-state index contributed by atoms with van der Waals surface area (Å²) in [5.41, 5.74) is 2.46. The van der Waals surface area contributed by atoms with E-state index in [1.807, 2.05) is 6.92 Å². The average Bonchev–Trinajstić information content (AvgIpc) is 2.49. The van der Waals surface area contributed by atoms with Crippen LogP contribution in [0.1, 0.15) is 49.1 Å². The van der Waals surface area contributed by atoms with Crippen molar-refractivity contribution in [2.75, 3.05) is 20.2 Å². The molecular weight excluding hydrogens is 238 g/mol. The van der Waals surface area contributed by atoms with Crippen LogP contribution in [0.4, 0.5) is 0 Å². The predicted molar refractivity (Wildman–Crippen MR) is 76.3 cm³/mol. The summed E-state index contributed by atoms with van der Waals surface area (Å²) in [7, 11) is 1.45. The molecule has 19 heavy (non-hydrogen) atoms. The molecule has 0 bridgehead atoms. The van der Waals surface area contributed by atoms with Crippen molar-refractivity contribution in [3.63, 3.8) is 0 Å². The van der Waals surface area contributed by atoms with Crippen LogP contribution >= 0.6 is 0 Å². The van der Waals surface area contributed by atoms with Gasteiger partial charge in [-0.1, -0.05) is 31.2 Å². The Bertz CT molecular complexity index is 407. The number of carbonyl (C=O) groups excluding carboxylic acids is 1. The van der Waals surface area contributed by atoms with Gasteiger partial charge in [-0.15, -0.1) is 0 Å². The van der Waals surface area contributed by atoms with Crippen molar-refractivity contribution in [2.45, 2.75) is 38.0 Å². The SMILES string of the molecule is CCC(C(=O)OC)c1ccc(C2CCNCC2)cc1. The van der Waals surface area contributed by atoms with E-state index in [1.165, 1.54) is 25.5 Å². The van der Waals surface area contributed by atoms with E-state index < -0.39 is 0 Å². The molecule has 1 aromatic rings. The zero-order chi connectivity index (χ0) is 13.7. The molecule has 0 amide bonds. The van der Waals surface area contributed by atoms with E-state index in [2.05, 4.69) is 29.6 Å². The number of benzene rings is 1. The third-order valence-corrected chi connectivity index (χ3v) is 4.04. The lowest BCUT2D eigenvalue weighted by Crippen LogP contribution is -2.26. The average molecular weight is 261 g/mol. The Morgan fingerprint density at radius 1 is 1.32 bits per heavy atom. The Kier molecular flexibility index (Phi) is 4.97. The van der Waals surface area contributed by atoms with Gasteiger partial charge in [0.25, 0.3) is 0 Å². The third kappa shape index (κ3) is 3.35. The van der Waals surface area contributed by atoms with Crippen LogP contribution < -0.4 is 5.32 Å². The van der Waals surface area contributed by atoms with Crippen molar-refractivity contribution in [1.82, 2.24) is 5.32 Å². The van der Waals surface area contributed by atoms with Crippen molar-refractivity contribution in [3.8, 4) is 0 Å². The Hall–Kier alpha value is -1.35. The summed E-state index contributed by atoms with van der Waals surface area (Å²) in [4.78, 5) is 11.7. The van der Waals surface area contributed by atoms with E-state index in [0.29, 0.717) is 5.92 Å². The summed E-state index contributed by atoms with van der Waals surface area (Å²) in [5.74, 6) is 0.387. The van der Waals surface area contributed by atoms with Crippen molar-refractivity contribution in [2.24, 2.45) is 0 Å². The zero-order valence-corrected chi connectivity index (χ0v) is 11.8. The van der Waals surface area contributed by atoms with Gasteiger partial charge in [0.2, 0.25) is 0 Å². The van der Waals surface area contributed by atoms with Gasteiger partial charge in [0.1, 0.15) is 0 Å². The smallest absolute Gasteiger partial charge is 0.313 e. The molecule has 0 aliphatic carbocycles. The standard InChI is InChI=1S/C16H23NO2/c1-3-15(16(18)19-2)14-6-4-12(5-7-14)13-8-10-17-11-9-13/h4-7,13,15,17H,3,8-11H2,1-2H3. The molecule has 1 saturated heterocycles. The van der Waals surface area contributed by atoms with Crippen LogP contribution in [0.15, 0.2) is 24.3 Å². The van der Waals surface area contributed by atoms with E-state index in [0.717, 1.165) is 25.1 Å². The summed E-state index contributed by atoms with van der Waals surface area (Å²) in [6, 6.07) is 8.53. The lowest BCUT2D eigenvalue weighted by molar-refractivity contribution is -0.142. The van der Waals surface area contributed by atoms with E-state index >= 15 is 0 Å². The number of methoxy groups -OCH3 is 1. The molecule has 1 unspecified atom stereocenters. The van der Waals surface area contributed by atoms with Crippen LogP contribution in [-0.4, -0.2) is 26.2 Å². The van der Waals surface area contributed by atoms with Crippen molar-refractivity contribution >= 4 is 5.97 Å². The van der Waals surface area contributed by atoms with Crippen molar-refractivity contribution < 1.29 is 9.53 Å². The highest BCUT2D eigenvalue weighted by Crippen LogP contribution is 2.28. The lowest BCUT2D eigenvalue weighted by Gasteiger charge is -2.23. The van der Waals surface area contributed by atoms with Crippen molar-refractivity contribution in [3.05, 3.63) is 35.4 Å². The molecule has 1 aliphatic rings. The molecule has 0 radical (unpaired) electrons. The maximum Gasteiger partial charge on any atom is 0.313 e. The van der Waals surface area contributed by atoms with Crippen LogP contribution in [0.2, 0.25) is 0 Å². The summed E-state index contributed by atoms with van der Waals surface area (Å²) >= 11 is 0. The fraction of sp³-hybridized carbons (Fsp3) is 0.562. The highest BCUT2D eigenvalue weighted by molar-refractivity contribution is 5.77. The molecule has 1 aliphatic heterocycles. The minimum atomic E-state index is -0.142. The number of carbonyl (C=O) groups is 1. The van der Waals surface area contributed by atoms with Crippen molar-refractivity contribution in [1.29, 1.82) is 0 Å². The molecule has 1 fully saturated rings. The van der Waals surface area contributed by atoms with Crippen LogP contribution in [0.5, 0.6) is 0 Å². The normalized spacial score (nSPS) is 18.0. The number of ether oxygens (including phenoxy) is 1. The molecule has 3 heteroatoms. The first-order valence-electron chi connectivity index (χ1n) is 7.14. The van der Waals surface area contributed by atoms with E-state index in [-0.39, 0.29) is 11.9 Å². The maximum atomic E-state index is 11.7. The number of nitrogens with one attached hydrogen (secondary N) is 1. The number of hydrogen-bond donors (Lipinski definition) is 1. The lowest BCUT2D eigenvalue weighted by atomic mass is 9.88. The first-order chi connectivity index (χ1) is 9.26. The van der Waals surface area contributed by atoms with E-state index in [1.54, 1.807) is 0 Å². The van der Waals surface area contributed by atoms with Crippen LogP contribution in [0, 0.1) is 0 Å². The molecule has 0 saturated carbocycles. The Morgan fingerprint density at radius 3 is 2.47 bits per heavy atom. The van der Waals surface area contributed by atoms with Gasteiger partial charge in [-0.2, -0.15) is 0 Å². The molecular formula is C16H23NO2. The van der Waals surface area contributed by atoms with Gasteiger partial charge in [-0.3, -0.25) is 4.79 Å². The van der Waals surface area contributed by atoms with Crippen LogP contribution in [0.3, 0.4) is 0 Å². The van der Waals surface area contributed by atoms with Gasteiger partial charge in [-0.25, -0.2) is 0 Å². The largest absolute Gasteiger partial charge is 0.469 e. The highest BCUT2D eigenvalue weighted by Gasteiger charge is 2.20. The van der Waals surface area contributed by atoms with Gasteiger partial charge in [0.05, 0.1) is 13.0 Å². The van der Waals surface area contributed by atoms with E-state index in [4.69, 9.17) is 4.74 Å². The van der Waals surface area contributed by atoms with Gasteiger partial charge in [-0.05, 0) is 49.4 Å². The first-order valence-corrected chi connectivity index (χ1v) is 7.14. The molecule has 0 aromatic heterocycles. The predicted octanol–water partition coefficient (Wildman–Crippen LogP) is 2.82. The second kappa shape index (κ2) is 6.71. The van der Waals surface area contributed by atoms with Gasteiger partial charge in [0.15, 0.2) is 0 Å². The zero-order valence-electron chi connectivity index (χ0n) is 11.8. The number of rotatable bonds is 4. The Labute approximate surface area is 115 Å². The third-order valence-electron chi connectivity index (χ3n) is 4.04. The van der Waals surface area contributed by atoms with Gasteiger partial charge < -0.3 is 10.1 Å². The number of hydrogen-bond acceptors (Lipinski definition) is 3. The number of piperidine rings is 1. The molecule has 1 aromatic carbocycles. The molecule has 1 heterocycles. The number of esters is 1. The first kappa shape index (κ1) is 14.1. The topological polar surface area (TPSA) is 38.3 Å². The fourth-order valence-electron chi connectivity index (χ4n) is 2.84. The van der Waals surface area contributed by atoms with Crippen LogP contribution in [-0.2, 0) is 9.53 Å². The summed E-state index contributed by atoms with van der Waals surface area (Å²) in [5, 5.41) is 3.38. The summed E-state index contributed by atoms with van der Waals surface area (Å²) in [6.45, 7) is 4.22.